The second-order valence-electron chi connectivity index (χ2n) is 4.23. The van der Waals surface area contributed by atoms with Crippen LogP contribution in [0, 0.1) is 5.41 Å². The van der Waals surface area contributed by atoms with Gasteiger partial charge in [-0.15, -0.1) is 0 Å². The number of hydrogen-bond donors (Lipinski definition) is 1. The largest absolute Gasteiger partial charge is 0.465 e. The molecule has 78 valence electrons. The van der Waals surface area contributed by atoms with Gasteiger partial charge in [0, 0.05) is 4.43 Å². The van der Waals surface area contributed by atoms with Crippen LogP contribution in [0.15, 0.2) is 0 Å². The molecule has 1 atom stereocenters. The van der Waals surface area contributed by atoms with Crippen molar-refractivity contribution in [2.24, 2.45) is 5.41 Å². The van der Waals surface area contributed by atoms with Crippen LogP contribution in [0.25, 0.3) is 0 Å². The standard InChI is InChI=1S/C9H17IO3/c1-9(2,3)6-13-8(12)4-7(11)5-10/h7,11H,4-6H2,1-3H3. The molecule has 0 radical (unpaired) electrons. The van der Waals surface area contributed by atoms with Crippen LogP contribution in [-0.4, -0.2) is 28.2 Å². The van der Waals surface area contributed by atoms with Crippen molar-refractivity contribution in [3.8, 4) is 0 Å². The maximum absolute atomic E-state index is 11.1. The summed E-state index contributed by atoms with van der Waals surface area (Å²) in [7, 11) is 0. The van der Waals surface area contributed by atoms with Gasteiger partial charge in [0.15, 0.2) is 0 Å². The van der Waals surface area contributed by atoms with E-state index in [2.05, 4.69) is 0 Å². The lowest BCUT2D eigenvalue weighted by Crippen LogP contribution is -2.22. The summed E-state index contributed by atoms with van der Waals surface area (Å²) >= 11 is 2.03. The zero-order valence-electron chi connectivity index (χ0n) is 8.34. The average molecular weight is 300 g/mol. The van der Waals surface area contributed by atoms with E-state index in [-0.39, 0.29) is 17.8 Å². The molecule has 0 fully saturated rings. The summed E-state index contributed by atoms with van der Waals surface area (Å²) in [6.45, 7) is 6.39. The molecule has 4 heteroatoms. The summed E-state index contributed by atoms with van der Waals surface area (Å²) in [6, 6.07) is 0. The summed E-state index contributed by atoms with van der Waals surface area (Å²) in [4.78, 5) is 11.1. The normalized spacial score (nSPS) is 13.9. The molecule has 3 nitrogen and oxygen atoms in total. The van der Waals surface area contributed by atoms with Gasteiger partial charge in [-0.1, -0.05) is 43.4 Å². The number of esters is 1. The second-order valence-corrected chi connectivity index (χ2v) is 5.11. The van der Waals surface area contributed by atoms with E-state index in [1.54, 1.807) is 0 Å². The molecule has 0 aliphatic heterocycles. The molecular weight excluding hydrogens is 283 g/mol. The zero-order chi connectivity index (χ0) is 10.5. The zero-order valence-corrected chi connectivity index (χ0v) is 10.5. The number of carbonyl (C=O) groups is 1. The van der Waals surface area contributed by atoms with Crippen LogP contribution < -0.4 is 0 Å². The lowest BCUT2D eigenvalue weighted by Gasteiger charge is -2.18. The first-order valence-electron chi connectivity index (χ1n) is 4.25. The summed E-state index contributed by atoms with van der Waals surface area (Å²) in [5.74, 6) is -0.320. The molecule has 0 aromatic carbocycles. The third-order valence-corrected chi connectivity index (χ3v) is 2.26. The quantitative estimate of drug-likeness (QED) is 0.489. The summed E-state index contributed by atoms with van der Waals surface area (Å²) in [5, 5.41) is 9.15. The van der Waals surface area contributed by atoms with Gasteiger partial charge < -0.3 is 9.84 Å². The summed E-state index contributed by atoms with van der Waals surface area (Å²) in [6.07, 6.45) is -0.480. The highest BCUT2D eigenvalue weighted by Gasteiger charge is 2.15. The van der Waals surface area contributed by atoms with E-state index in [0.717, 1.165) is 0 Å². The molecule has 0 saturated carbocycles. The summed E-state index contributed by atoms with van der Waals surface area (Å²) < 4.78 is 5.53. The van der Waals surface area contributed by atoms with Gasteiger partial charge in [-0.3, -0.25) is 4.79 Å². The first kappa shape index (κ1) is 13.2. The third kappa shape index (κ3) is 8.49. The van der Waals surface area contributed by atoms with Crippen LogP contribution in [0.5, 0.6) is 0 Å². The van der Waals surface area contributed by atoms with Gasteiger partial charge in [0.05, 0.1) is 19.1 Å². The summed E-state index contributed by atoms with van der Waals surface area (Å²) in [5.41, 5.74) is -0.00899. The fourth-order valence-corrected chi connectivity index (χ4v) is 0.914. The fraction of sp³-hybridized carbons (Fsp3) is 0.889. The van der Waals surface area contributed by atoms with Gasteiger partial charge in [-0.2, -0.15) is 0 Å². The second kappa shape index (κ2) is 5.80. The van der Waals surface area contributed by atoms with Gasteiger partial charge >= 0.3 is 5.97 Å². The van der Waals surface area contributed by atoms with Crippen molar-refractivity contribution in [2.75, 3.05) is 11.0 Å². The Hall–Kier alpha value is 0.160. The number of aliphatic hydroxyl groups is 1. The molecule has 0 aromatic rings. The molecule has 1 unspecified atom stereocenters. The van der Waals surface area contributed by atoms with Crippen LogP contribution in [0.4, 0.5) is 0 Å². The lowest BCUT2D eigenvalue weighted by atomic mass is 9.99. The molecule has 0 heterocycles. The van der Waals surface area contributed by atoms with Crippen molar-refractivity contribution in [1.82, 2.24) is 0 Å². The fourth-order valence-electron chi connectivity index (χ4n) is 0.603. The minimum Gasteiger partial charge on any atom is -0.465 e. The highest BCUT2D eigenvalue weighted by Crippen LogP contribution is 2.13. The van der Waals surface area contributed by atoms with Crippen LogP contribution in [0.2, 0.25) is 0 Å². The highest BCUT2D eigenvalue weighted by molar-refractivity contribution is 14.1. The minimum atomic E-state index is -0.576. The number of hydrogen-bond acceptors (Lipinski definition) is 3. The minimum absolute atomic E-state index is 0.00899. The molecular formula is C9H17IO3. The molecule has 0 amide bonds. The van der Waals surface area contributed by atoms with Crippen molar-refractivity contribution >= 4 is 28.6 Å². The Labute approximate surface area is 93.0 Å². The van der Waals surface area contributed by atoms with Crippen molar-refractivity contribution < 1.29 is 14.6 Å². The van der Waals surface area contributed by atoms with Crippen molar-refractivity contribution in [3.63, 3.8) is 0 Å². The Morgan fingerprint density at radius 1 is 1.54 bits per heavy atom. The third-order valence-electron chi connectivity index (χ3n) is 1.25. The van der Waals surface area contributed by atoms with E-state index in [1.807, 2.05) is 43.4 Å². The number of rotatable bonds is 4. The molecule has 0 aromatic heterocycles. The van der Waals surface area contributed by atoms with E-state index in [9.17, 15) is 4.79 Å². The molecule has 1 N–H and O–H groups in total. The van der Waals surface area contributed by atoms with Gasteiger partial charge in [0.25, 0.3) is 0 Å². The predicted octanol–water partition coefficient (Wildman–Crippen LogP) is 1.76. The van der Waals surface area contributed by atoms with E-state index in [0.29, 0.717) is 11.0 Å². The SMILES string of the molecule is CC(C)(C)COC(=O)CC(O)CI. The Bertz CT molecular complexity index is 163. The van der Waals surface area contributed by atoms with Crippen molar-refractivity contribution in [2.45, 2.75) is 33.3 Å². The van der Waals surface area contributed by atoms with E-state index in [1.165, 1.54) is 0 Å². The van der Waals surface area contributed by atoms with Gasteiger partial charge in [-0.05, 0) is 5.41 Å². The molecule has 13 heavy (non-hydrogen) atoms. The Balaban J connectivity index is 3.64. The number of alkyl halides is 1. The monoisotopic (exact) mass is 300 g/mol. The molecule has 0 saturated heterocycles. The van der Waals surface area contributed by atoms with Gasteiger partial charge in [0.2, 0.25) is 0 Å². The molecule has 0 aliphatic carbocycles. The molecule has 0 bridgehead atoms. The lowest BCUT2D eigenvalue weighted by molar-refractivity contribution is -0.148. The number of halogens is 1. The molecule has 0 rings (SSSR count). The van der Waals surface area contributed by atoms with E-state index in [4.69, 9.17) is 9.84 Å². The number of ether oxygens (including phenoxy) is 1. The van der Waals surface area contributed by atoms with Gasteiger partial charge in [0.1, 0.15) is 0 Å². The van der Waals surface area contributed by atoms with Crippen molar-refractivity contribution in [3.05, 3.63) is 0 Å². The van der Waals surface area contributed by atoms with Crippen LogP contribution >= 0.6 is 22.6 Å². The average Bonchev–Trinajstić information content (AvgIpc) is 1.99. The van der Waals surface area contributed by atoms with E-state index >= 15 is 0 Å². The maximum Gasteiger partial charge on any atom is 0.308 e. The maximum atomic E-state index is 11.1. The van der Waals surface area contributed by atoms with Crippen molar-refractivity contribution in [1.29, 1.82) is 0 Å². The van der Waals surface area contributed by atoms with Crippen LogP contribution in [0.3, 0.4) is 0 Å². The van der Waals surface area contributed by atoms with Gasteiger partial charge in [-0.25, -0.2) is 0 Å². The topological polar surface area (TPSA) is 46.5 Å². The molecule has 0 spiro atoms. The highest BCUT2D eigenvalue weighted by atomic mass is 127. The first-order valence-corrected chi connectivity index (χ1v) is 5.77. The Morgan fingerprint density at radius 2 is 2.08 bits per heavy atom. The van der Waals surface area contributed by atoms with Crippen LogP contribution in [-0.2, 0) is 9.53 Å². The molecule has 0 aliphatic rings. The number of aliphatic hydroxyl groups excluding tert-OH is 1. The van der Waals surface area contributed by atoms with E-state index < -0.39 is 6.10 Å². The first-order chi connectivity index (χ1) is 5.85. The predicted molar refractivity (Wildman–Crippen MR) is 59.9 cm³/mol. The Kier molecular flexibility index (Phi) is 5.87. The Morgan fingerprint density at radius 3 is 2.46 bits per heavy atom. The van der Waals surface area contributed by atoms with Crippen LogP contribution in [0.1, 0.15) is 27.2 Å². The smallest absolute Gasteiger partial charge is 0.308 e. The number of carbonyl (C=O) groups excluding carboxylic acids is 1.